The zero-order valence-electron chi connectivity index (χ0n) is 18.2. The quantitative estimate of drug-likeness (QED) is 0.582. The highest BCUT2D eigenvalue weighted by atomic mass is 32.2. The van der Waals surface area contributed by atoms with Crippen LogP contribution < -0.4 is 4.74 Å². The standard InChI is InChI=1S/C21H28N2O7S2/c1-15(24)30-18-13-29-20(31-18)19(25)22-9-6-21(14-22)7-10-23(11-8-21)32(26,27)17-5-3-4-16(12-17)28-2/h3-5,12,18,20H,6-11,13-14H2,1-2H3. The number of ether oxygens (including phenoxy) is 3. The molecule has 3 aliphatic heterocycles. The van der Waals surface area contributed by atoms with Crippen molar-refractivity contribution >= 4 is 33.7 Å². The van der Waals surface area contributed by atoms with Crippen molar-refractivity contribution in [2.75, 3.05) is 39.9 Å². The molecule has 11 heteroatoms. The van der Waals surface area contributed by atoms with Crippen LogP contribution in [0, 0.1) is 5.41 Å². The van der Waals surface area contributed by atoms with Gasteiger partial charge in [0.2, 0.25) is 10.0 Å². The smallest absolute Gasteiger partial charge is 0.303 e. The van der Waals surface area contributed by atoms with Gasteiger partial charge in [0, 0.05) is 39.2 Å². The molecule has 0 bridgehead atoms. The van der Waals surface area contributed by atoms with Gasteiger partial charge in [0.05, 0.1) is 18.6 Å². The van der Waals surface area contributed by atoms with Gasteiger partial charge < -0.3 is 19.1 Å². The average molecular weight is 485 g/mol. The number of hydrogen-bond donors (Lipinski definition) is 0. The van der Waals surface area contributed by atoms with Crippen LogP contribution in [-0.2, 0) is 29.1 Å². The van der Waals surface area contributed by atoms with Gasteiger partial charge in [-0.3, -0.25) is 9.59 Å². The number of esters is 1. The summed E-state index contributed by atoms with van der Waals surface area (Å²) in [5.41, 5.74) is -1.19. The fourth-order valence-corrected chi connectivity index (χ4v) is 7.07. The van der Waals surface area contributed by atoms with Crippen molar-refractivity contribution in [2.24, 2.45) is 5.41 Å². The van der Waals surface area contributed by atoms with E-state index < -0.39 is 26.9 Å². The molecular formula is C21H28N2O7S2. The molecule has 176 valence electrons. The second-order valence-corrected chi connectivity index (χ2v) is 11.6. The molecule has 1 aromatic carbocycles. The highest BCUT2D eigenvalue weighted by Crippen LogP contribution is 2.42. The van der Waals surface area contributed by atoms with Gasteiger partial charge in [-0.1, -0.05) is 17.8 Å². The number of amides is 1. The third-order valence-corrected chi connectivity index (χ3v) is 9.39. The number of hydrogen-bond acceptors (Lipinski definition) is 8. The van der Waals surface area contributed by atoms with Crippen LogP contribution in [-0.4, -0.2) is 80.3 Å². The third kappa shape index (κ3) is 4.75. The molecule has 3 heterocycles. The van der Waals surface area contributed by atoms with Gasteiger partial charge in [-0.05, 0) is 36.8 Å². The Bertz CT molecular complexity index is 976. The predicted molar refractivity (Wildman–Crippen MR) is 118 cm³/mol. The fraction of sp³-hybridized carbons (Fsp3) is 0.619. The lowest BCUT2D eigenvalue weighted by molar-refractivity contribution is -0.144. The maximum absolute atomic E-state index is 13.1. The van der Waals surface area contributed by atoms with Gasteiger partial charge >= 0.3 is 5.97 Å². The summed E-state index contributed by atoms with van der Waals surface area (Å²) in [6, 6.07) is 6.51. The van der Waals surface area contributed by atoms with Crippen LogP contribution in [0.2, 0.25) is 0 Å². The largest absolute Gasteiger partial charge is 0.497 e. The Morgan fingerprint density at radius 2 is 1.91 bits per heavy atom. The molecule has 0 saturated carbocycles. The van der Waals surface area contributed by atoms with Crippen molar-refractivity contribution in [3.05, 3.63) is 24.3 Å². The minimum atomic E-state index is -3.59. The summed E-state index contributed by atoms with van der Waals surface area (Å²) < 4.78 is 43.5. The lowest BCUT2D eigenvalue weighted by atomic mass is 9.78. The van der Waals surface area contributed by atoms with Crippen LogP contribution in [0.15, 0.2) is 29.2 Å². The summed E-state index contributed by atoms with van der Waals surface area (Å²) in [7, 11) is -2.08. The molecule has 0 aliphatic carbocycles. The molecule has 0 radical (unpaired) electrons. The Kier molecular flexibility index (Phi) is 6.71. The molecular weight excluding hydrogens is 456 g/mol. The van der Waals surface area contributed by atoms with Crippen molar-refractivity contribution in [1.29, 1.82) is 0 Å². The molecule has 3 fully saturated rings. The highest BCUT2D eigenvalue weighted by molar-refractivity contribution is 8.01. The molecule has 32 heavy (non-hydrogen) atoms. The normalized spacial score (nSPS) is 25.8. The van der Waals surface area contributed by atoms with Gasteiger partial charge in [-0.25, -0.2) is 8.42 Å². The molecule has 2 atom stereocenters. The van der Waals surface area contributed by atoms with Gasteiger partial charge in [0.15, 0.2) is 10.9 Å². The first-order valence-corrected chi connectivity index (χ1v) is 13.0. The van der Waals surface area contributed by atoms with E-state index in [9.17, 15) is 18.0 Å². The molecule has 1 aromatic rings. The molecule has 3 saturated heterocycles. The van der Waals surface area contributed by atoms with Crippen LogP contribution in [0.3, 0.4) is 0 Å². The van der Waals surface area contributed by atoms with Crippen LogP contribution in [0.5, 0.6) is 5.75 Å². The second kappa shape index (κ2) is 9.20. The molecule has 1 spiro atoms. The minimum absolute atomic E-state index is 0.0748. The molecule has 4 rings (SSSR count). The Balaban J connectivity index is 1.34. The van der Waals surface area contributed by atoms with Crippen molar-refractivity contribution in [3.63, 3.8) is 0 Å². The molecule has 9 nitrogen and oxygen atoms in total. The zero-order chi connectivity index (χ0) is 22.9. The number of rotatable bonds is 5. The zero-order valence-corrected chi connectivity index (χ0v) is 19.8. The maximum atomic E-state index is 13.1. The topological polar surface area (TPSA) is 102 Å². The van der Waals surface area contributed by atoms with Crippen LogP contribution in [0.4, 0.5) is 0 Å². The molecule has 1 amide bonds. The van der Waals surface area contributed by atoms with E-state index in [0.717, 1.165) is 6.42 Å². The van der Waals surface area contributed by atoms with E-state index in [4.69, 9.17) is 14.2 Å². The SMILES string of the molecule is COc1cccc(S(=O)(=O)N2CCC3(CCN(C(=O)C4OCC(OC(C)=O)S4)C3)CC2)c1. The minimum Gasteiger partial charge on any atom is -0.497 e. The van der Waals surface area contributed by atoms with E-state index in [1.165, 1.54) is 36.2 Å². The van der Waals surface area contributed by atoms with E-state index >= 15 is 0 Å². The number of benzene rings is 1. The van der Waals surface area contributed by atoms with Gasteiger partial charge in [-0.2, -0.15) is 4.31 Å². The second-order valence-electron chi connectivity index (χ2n) is 8.43. The Morgan fingerprint density at radius 3 is 2.59 bits per heavy atom. The number of likely N-dealkylation sites (tertiary alicyclic amines) is 1. The number of thioether (sulfide) groups is 1. The van der Waals surface area contributed by atoms with Crippen LogP contribution in [0.25, 0.3) is 0 Å². The first kappa shape index (κ1) is 23.3. The van der Waals surface area contributed by atoms with Gasteiger partial charge in [-0.15, -0.1) is 0 Å². The van der Waals surface area contributed by atoms with Crippen molar-refractivity contribution in [1.82, 2.24) is 9.21 Å². The summed E-state index contributed by atoms with van der Waals surface area (Å²) in [5.74, 6) is 0.00962. The summed E-state index contributed by atoms with van der Waals surface area (Å²) in [4.78, 5) is 26.0. The number of carbonyl (C=O) groups excluding carboxylic acids is 2. The highest BCUT2D eigenvalue weighted by Gasteiger charge is 2.46. The Labute approximate surface area is 192 Å². The number of piperidine rings is 1. The number of carbonyl (C=O) groups is 2. The van der Waals surface area contributed by atoms with Crippen LogP contribution in [0.1, 0.15) is 26.2 Å². The number of sulfonamides is 1. The lowest BCUT2D eigenvalue weighted by Crippen LogP contribution is -2.45. The molecule has 2 unspecified atom stereocenters. The molecule has 0 N–H and O–H groups in total. The van der Waals surface area contributed by atoms with E-state index in [2.05, 4.69) is 0 Å². The number of methoxy groups -OCH3 is 1. The van der Waals surface area contributed by atoms with E-state index in [-0.39, 0.29) is 22.8 Å². The van der Waals surface area contributed by atoms with Crippen molar-refractivity contribution in [2.45, 2.75) is 42.0 Å². The van der Waals surface area contributed by atoms with Gasteiger partial charge in [0.1, 0.15) is 5.75 Å². The van der Waals surface area contributed by atoms with Crippen molar-refractivity contribution in [3.8, 4) is 5.75 Å². The van der Waals surface area contributed by atoms with Gasteiger partial charge in [0.25, 0.3) is 5.91 Å². The Hall–Kier alpha value is -1.82. The number of nitrogens with zero attached hydrogens (tertiary/aromatic N) is 2. The van der Waals surface area contributed by atoms with E-state index in [0.29, 0.717) is 44.8 Å². The summed E-state index contributed by atoms with van der Waals surface area (Å²) >= 11 is 1.22. The summed E-state index contributed by atoms with van der Waals surface area (Å²) in [6.07, 6.45) is 2.25. The summed E-state index contributed by atoms with van der Waals surface area (Å²) in [6.45, 7) is 3.60. The van der Waals surface area contributed by atoms with Crippen LogP contribution >= 0.6 is 11.8 Å². The maximum Gasteiger partial charge on any atom is 0.303 e. The predicted octanol–water partition coefficient (Wildman–Crippen LogP) is 1.68. The first-order valence-electron chi connectivity index (χ1n) is 10.6. The molecule has 3 aliphatic rings. The van der Waals surface area contributed by atoms with Crippen molar-refractivity contribution < 1.29 is 32.2 Å². The monoisotopic (exact) mass is 484 g/mol. The Morgan fingerprint density at radius 1 is 1.19 bits per heavy atom. The lowest BCUT2D eigenvalue weighted by Gasteiger charge is -2.38. The third-order valence-electron chi connectivity index (χ3n) is 6.37. The molecule has 0 aromatic heterocycles. The van der Waals surface area contributed by atoms with E-state index in [1.807, 2.05) is 0 Å². The fourth-order valence-electron chi connectivity index (χ4n) is 4.55. The average Bonchev–Trinajstić information content (AvgIpc) is 3.41. The van der Waals surface area contributed by atoms with E-state index in [1.54, 1.807) is 23.1 Å². The summed E-state index contributed by atoms with van der Waals surface area (Å²) in [5, 5.41) is 0. The first-order chi connectivity index (χ1) is 15.2.